The molecule has 2 fully saturated rings. The molecular formula is C22H33N4O10P. The molecule has 1 saturated heterocycles. The Balaban J connectivity index is 1.37. The summed E-state index contributed by atoms with van der Waals surface area (Å²) in [5, 5.41) is 26.2. The minimum atomic E-state index is -4.12. The summed E-state index contributed by atoms with van der Waals surface area (Å²) < 4.78 is 46.4. The first-order valence-corrected chi connectivity index (χ1v) is 13.0. The van der Waals surface area contributed by atoms with Crippen molar-refractivity contribution in [3.63, 3.8) is 0 Å². The Hall–Kier alpha value is -2.32. The van der Waals surface area contributed by atoms with E-state index in [0.717, 1.165) is 0 Å². The second-order valence-electron chi connectivity index (χ2n) is 11.1. The number of nitrogens with zero attached hydrogens (tertiary/aromatic N) is 3. The predicted molar refractivity (Wildman–Crippen MR) is 127 cm³/mol. The molecule has 1 unspecified atom stereocenters. The number of aliphatic hydroxyl groups is 2. The molecule has 0 aromatic carbocycles. The van der Waals surface area contributed by atoms with Crippen LogP contribution in [0.5, 0.6) is 0 Å². The molecule has 15 heteroatoms. The Morgan fingerprint density at radius 3 is 2.38 bits per heavy atom. The molecule has 1 saturated carbocycles. The van der Waals surface area contributed by atoms with Gasteiger partial charge >= 0.3 is 14.0 Å². The van der Waals surface area contributed by atoms with Gasteiger partial charge in [0.1, 0.15) is 29.7 Å². The lowest BCUT2D eigenvalue weighted by molar-refractivity contribution is -0.134. The van der Waals surface area contributed by atoms with Crippen LogP contribution in [-0.2, 0) is 37.9 Å². The van der Waals surface area contributed by atoms with Gasteiger partial charge in [-0.25, -0.2) is 23.4 Å². The van der Waals surface area contributed by atoms with Crippen LogP contribution < -0.4 is 5.73 Å². The SMILES string of the molecule is CC(C)(C)OP(=O)(OCOC(=O)OC1[C@H]2O[C@@](C)(c3ccc4c(N)ncnn34)[C@H](O)[C@@]12O)OC(C)(C)C. The Morgan fingerprint density at radius 1 is 1.22 bits per heavy atom. The standard InChI is InChI=1S/C22H33N4O10P/c1-19(2,3)35-37(30,36-20(4,5)6)32-11-31-18(28)33-14-15-22(14,29)17(27)21(7,34-15)13-9-8-12-16(23)24-10-25-26(12)13/h8-10,14-15,17,27,29H,11H2,1-7H3,(H2,23,24,25)/t14?,15-,17+,21+,22-/m1/s1. The summed E-state index contributed by atoms with van der Waals surface area (Å²) >= 11 is 0. The summed E-state index contributed by atoms with van der Waals surface area (Å²) in [6.45, 7) is 10.7. The molecule has 14 nitrogen and oxygen atoms in total. The maximum atomic E-state index is 13.0. The van der Waals surface area contributed by atoms with E-state index in [1.807, 2.05) is 0 Å². The van der Waals surface area contributed by atoms with Gasteiger partial charge in [-0.3, -0.25) is 9.05 Å². The Kier molecular flexibility index (Phi) is 6.64. The molecule has 2 aromatic rings. The molecule has 2 aromatic heterocycles. The van der Waals surface area contributed by atoms with Crippen LogP contribution in [0.3, 0.4) is 0 Å². The lowest BCUT2D eigenvalue weighted by Gasteiger charge is -2.32. The molecule has 0 bridgehead atoms. The van der Waals surface area contributed by atoms with E-state index in [4.69, 9.17) is 33.5 Å². The van der Waals surface area contributed by atoms with Crippen molar-refractivity contribution in [1.29, 1.82) is 0 Å². The predicted octanol–water partition coefficient (Wildman–Crippen LogP) is 2.27. The van der Waals surface area contributed by atoms with E-state index in [-0.39, 0.29) is 5.82 Å². The number of phosphoric ester groups is 1. The third kappa shape index (κ3) is 5.19. The molecule has 0 amide bonds. The first-order valence-electron chi connectivity index (χ1n) is 11.6. The summed E-state index contributed by atoms with van der Waals surface area (Å²) in [5.74, 6) is 0.234. The number of nitrogen functional groups attached to an aromatic ring is 1. The quantitative estimate of drug-likeness (QED) is 0.262. The van der Waals surface area contributed by atoms with E-state index in [0.29, 0.717) is 11.2 Å². The number of carbonyl (C=O) groups excluding carboxylic acids is 1. The molecule has 5 atom stereocenters. The normalized spacial score (nSPS) is 29.8. The highest BCUT2D eigenvalue weighted by Gasteiger charge is 2.82. The lowest BCUT2D eigenvalue weighted by Crippen LogP contribution is -2.46. The van der Waals surface area contributed by atoms with Crippen LogP contribution in [0.15, 0.2) is 18.5 Å². The zero-order chi connectivity index (χ0) is 27.6. The molecular weight excluding hydrogens is 511 g/mol. The average molecular weight is 544 g/mol. The molecule has 2 aliphatic rings. The number of fused-ring (bicyclic) bond motifs is 2. The van der Waals surface area contributed by atoms with Crippen molar-refractivity contribution in [2.75, 3.05) is 12.5 Å². The van der Waals surface area contributed by atoms with Crippen LogP contribution in [-0.4, -0.2) is 72.9 Å². The van der Waals surface area contributed by atoms with Gasteiger partial charge in [0.25, 0.3) is 0 Å². The topological polar surface area (TPSA) is 186 Å². The molecule has 37 heavy (non-hydrogen) atoms. The number of rotatable bonds is 7. The van der Waals surface area contributed by atoms with Gasteiger partial charge in [-0.05, 0) is 60.6 Å². The number of hydrogen-bond donors (Lipinski definition) is 3. The van der Waals surface area contributed by atoms with Gasteiger partial charge in [0, 0.05) is 0 Å². The fraction of sp³-hybridized carbons (Fsp3) is 0.682. The van der Waals surface area contributed by atoms with Crippen molar-refractivity contribution >= 4 is 25.3 Å². The van der Waals surface area contributed by atoms with Gasteiger partial charge in [-0.1, -0.05) is 0 Å². The van der Waals surface area contributed by atoms with E-state index in [1.54, 1.807) is 60.6 Å². The van der Waals surface area contributed by atoms with Crippen LogP contribution in [0.2, 0.25) is 0 Å². The average Bonchev–Trinajstić information content (AvgIpc) is 3.03. The molecule has 3 heterocycles. The van der Waals surface area contributed by atoms with Gasteiger partial charge in [0.15, 0.2) is 17.5 Å². The summed E-state index contributed by atoms with van der Waals surface area (Å²) in [7, 11) is -4.12. The van der Waals surface area contributed by atoms with Crippen molar-refractivity contribution in [2.45, 2.75) is 89.2 Å². The molecule has 1 aliphatic heterocycles. The van der Waals surface area contributed by atoms with Gasteiger partial charge in [0.2, 0.25) is 6.79 Å². The van der Waals surface area contributed by atoms with Crippen molar-refractivity contribution in [1.82, 2.24) is 14.6 Å². The molecule has 0 spiro atoms. The van der Waals surface area contributed by atoms with Crippen molar-refractivity contribution in [3.8, 4) is 0 Å². The highest BCUT2D eigenvalue weighted by Crippen LogP contribution is 2.59. The van der Waals surface area contributed by atoms with Crippen LogP contribution in [0, 0.1) is 0 Å². The maximum absolute atomic E-state index is 13.0. The molecule has 4 N–H and O–H groups in total. The van der Waals surface area contributed by atoms with Gasteiger partial charge in [-0.15, -0.1) is 0 Å². The van der Waals surface area contributed by atoms with E-state index in [1.165, 1.54) is 10.8 Å². The number of anilines is 1. The molecule has 4 rings (SSSR count). The number of aromatic nitrogens is 3. The monoisotopic (exact) mass is 544 g/mol. The molecule has 1 aliphatic carbocycles. The van der Waals surface area contributed by atoms with Gasteiger partial charge < -0.3 is 30.2 Å². The van der Waals surface area contributed by atoms with Crippen molar-refractivity contribution in [3.05, 3.63) is 24.2 Å². The highest BCUT2D eigenvalue weighted by molar-refractivity contribution is 7.48. The minimum absolute atomic E-state index is 0.234. The summed E-state index contributed by atoms with van der Waals surface area (Å²) in [4.78, 5) is 16.2. The first-order chi connectivity index (χ1) is 16.9. The zero-order valence-electron chi connectivity index (χ0n) is 21.7. The Labute approximate surface area is 213 Å². The molecule has 0 radical (unpaired) electrons. The fourth-order valence-electron chi connectivity index (χ4n) is 4.27. The number of phosphoric acid groups is 1. The van der Waals surface area contributed by atoms with Crippen molar-refractivity contribution < 1.29 is 47.4 Å². The van der Waals surface area contributed by atoms with Crippen LogP contribution in [0.1, 0.15) is 54.2 Å². The number of carbonyl (C=O) groups is 1. The smallest absolute Gasteiger partial charge is 0.425 e. The number of ether oxygens (including phenoxy) is 3. The highest BCUT2D eigenvalue weighted by atomic mass is 31.2. The van der Waals surface area contributed by atoms with E-state index in [9.17, 15) is 19.6 Å². The zero-order valence-corrected chi connectivity index (χ0v) is 22.6. The van der Waals surface area contributed by atoms with E-state index in [2.05, 4.69) is 10.1 Å². The maximum Gasteiger partial charge on any atom is 0.510 e. The van der Waals surface area contributed by atoms with Gasteiger partial charge in [-0.2, -0.15) is 5.10 Å². The summed E-state index contributed by atoms with van der Waals surface area (Å²) in [6, 6.07) is 3.31. The largest absolute Gasteiger partial charge is 0.510 e. The van der Waals surface area contributed by atoms with Gasteiger partial charge in [0.05, 0.1) is 16.9 Å². The number of aliphatic hydroxyl groups excluding tert-OH is 1. The summed E-state index contributed by atoms with van der Waals surface area (Å²) in [5.41, 5.74) is 1.77. The second-order valence-corrected chi connectivity index (χ2v) is 12.6. The van der Waals surface area contributed by atoms with E-state index >= 15 is 0 Å². The number of hydrogen-bond acceptors (Lipinski definition) is 13. The fourth-order valence-corrected chi connectivity index (χ4v) is 5.94. The Morgan fingerprint density at radius 2 is 1.84 bits per heavy atom. The van der Waals surface area contributed by atoms with Crippen LogP contribution in [0.25, 0.3) is 5.52 Å². The first kappa shape index (κ1) is 27.7. The minimum Gasteiger partial charge on any atom is -0.425 e. The Bertz CT molecular complexity index is 1220. The third-order valence-electron chi connectivity index (χ3n) is 5.78. The third-order valence-corrected chi connectivity index (χ3v) is 7.75. The number of nitrogens with two attached hydrogens (primary N) is 1. The molecule has 206 valence electrons. The van der Waals surface area contributed by atoms with Crippen LogP contribution >= 0.6 is 7.82 Å². The summed E-state index contributed by atoms with van der Waals surface area (Å²) in [6.07, 6.45) is -3.72. The lowest BCUT2D eigenvalue weighted by atomic mass is 9.91. The second kappa shape index (κ2) is 8.87. The van der Waals surface area contributed by atoms with E-state index < -0.39 is 61.5 Å². The van der Waals surface area contributed by atoms with Crippen LogP contribution in [0.4, 0.5) is 10.6 Å². The van der Waals surface area contributed by atoms with Crippen molar-refractivity contribution in [2.24, 2.45) is 0 Å².